The van der Waals surface area contributed by atoms with Gasteiger partial charge in [0, 0.05) is 0 Å². The predicted octanol–water partition coefficient (Wildman–Crippen LogP) is 8.39. The molecule has 0 bridgehead atoms. The molecule has 0 aromatic rings. The van der Waals surface area contributed by atoms with Gasteiger partial charge in [0.1, 0.15) is 0 Å². The van der Waals surface area contributed by atoms with Gasteiger partial charge in [0.25, 0.3) is 0 Å². The minimum absolute atomic E-state index is 0.206. The lowest BCUT2D eigenvalue weighted by Crippen LogP contribution is -2.51. The van der Waals surface area contributed by atoms with E-state index in [0.29, 0.717) is 18.8 Å². The van der Waals surface area contributed by atoms with Crippen molar-refractivity contribution in [2.75, 3.05) is 0 Å². The van der Waals surface area contributed by atoms with Gasteiger partial charge >= 0.3 is 6.18 Å². The van der Waals surface area contributed by atoms with Crippen LogP contribution in [0, 0.1) is 34.5 Å². The largest absolute Gasteiger partial charge is 0.420 e. The van der Waals surface area contributed by atoms with Crippen LogP contribution in [0.1, 0.15) is 105 Å². The molecular formula is C28H43F3O. The third kappa shape index (κ3) is 3.81. The van der Waals surface area contributed by atoms with E-state index in [1.165, 1.54) is 44.6 Å². The van der Waals surface area contributed by atoms with Gasteiger partial charge < -0.3 is 5.11 Å². The second-order valence-electron chi connectivity index (χ2n) is 12.5. The number of halogens is 3. The molecule has 4 aliphatic rings. The maximum atomic E-state index is 13.5. The Bertz CT molecular complexity index is 793. The zero-order valence-corrected chi connectivity index (χ0v) is 20.7. The highest BCUT2D eigenvalue weighted by Crippen LogP contribution is 2.66. The fourth-order valence-electron chi connectivity index (χ4n) is 8.19. The number of aliphatic hydroxyl groups is 1. The third-order valence-electron chi connectivity index (χ3n) is 10.2. The number of hydrogen-bond acceptors (Lipinski definition) is 1. The molecule has 6 atom stereocenters. The first-order valence-electron chi connectivity index (χ1n) is 13.1. The van der Waals surface area contributed by atoms with E-state index in [-0.39, 0.29) is 17.3 Å². The Kier molecular flexibility index (Phi) is 6.22. The van der Waals surface area contributed by atoms with Crippen molar-refractivity contribution in [3.05, 3.63) is 22.8 Å². The molecule has 4 aliphatic carbocycles. The molecule has 0 unspecified atom stereocenters. The van der Waals surface area contributed by atoms with Crippen molar-refractivity contribution in [1.29, 1.82) is 0 Å². The van der Waals surface area contributed by atoms with Gasteiger partial charge in [-0.3, -0.25) is 0 Å². The van der Waals surface area contributed by atoms with Crippen LogP contribution in [0.25, 0.3) is 0 Å². The van der Waals surface area contributed by atoms with E-state index < -0.39 is 11.8 Å². The fourth-order valence-corrected chi connectivity index (χ4v) is 8.19. The van der Waals surface area contributed by atoms with Crippen molar-refractivity contribution in [2.24, 2.45) is 34.5 Å². The molecule has 0 radical (unpaired) electrons. The molecule has 32 heavy (non-hydrogen) atoms. The maximum Gasteiger partial charge on any atom is 0.420 e. The van der Waals surface area contributed by atoms with Gasteiger partial charge in [-0.15, -0.1) is 0 Å². The van der Waals surface area contributed by atoms with E-state index in [0.717, 1.165) is 36.2 Å². The Morgan fingerprint density at radius 1 is 0.969 bits per heavy atom. The van der Waals surface area contributed by atoms with E-state index in [1.807, 2.05) is 0 Å². The van der Waals surface area contributed by atoms with E-state index >= 15 is 0 Å². The molecule has 2 saturated carbocycles. The normalized spacial score (nSPS) is 40.6. The maximum absolute atomic E-state index is 13.5. The summed E-state index contributed by atoms with van der Waals surface area (Å²) >= 11 is 0. The van der Waals surface area contributed by atoms with Gasteiger partial charge in [0.05, 0.1) is 0 Å². The molecule has 0 saturated heterocycles. The van der Waals surface area contributed by atoms with Crippen LogP contribution in [0.2, 0.25) is 0 Å². The third-order valence-corrected chi connectivity index (χ3v) is 10.2. The Balaban J connectivity index is 1.58. The lowest BCUT2D eigenvalue weighted by Gasteiger charge is -2.55. The van der Waals surface area contributed by atoms with Gasteiger partial charge in [0.2, 0.25) is 0 Å². The molecule has 1 N–H and O–H groups in total. The summed E-state index contributed by atoms with van der Waals surface area (Å²) in [5.41, 5.74) is 1.54. The predicted molar refractivity (Wildman–Crippen MR) is 124 cm³/mol. The summed E-state index contributed by atoms with van der Waals surface area (Å²) in [5, 5.41) is 10.3. The standard InChI is InChI=1S/C28H43F3O/c1-18(2)7-6-8-19(3)22-11-12-23-21-10-9-20-17-27(32,28(29,30)31)16-15-25(20,4)24(21)13-14-26(22,23)5/h17-19,22,24,32H,6-16H2,1-5H3/t19-,22-,24+,25+,26-,27+/m1/s1. The number of alkyl halides is 3. The minimum atomic E-state index is -4.59. The molecule has 4 rings (SSSR count). The van der Waals surface area contributed by atoms with E-state index in [4.69, 9.17) is 0 Å². The summed E-state index contributed by atoms with van der Waals surface area (Å²) in [4.78, 5) is 0. The Morgan fingerprint density at radius 3 is 2.34 bits per heavy atom. The Morgan fingerprint density at radius 2 is 1.69 bits per heavy atom. The number of rotatable bonds is 5. The molecule has 0 spiro atoms. The summed E-state index contributed by atoms with van der Waals surface area (Å²) < 4.78 is 40.5. The Hall–Kier alpha value is -0.770. The second-order valence-corrected chi connectivity index (χ2v) is 12.5. The van der Waals surface area contributed by atoms with Crippen molar-refractivity contribution in [3.8, 4) is 0 Å². The minimum Gasteiger partial charge on any atom is -0.377 e. The summed E-state index contributed by atoms with van der Waals surface area (Å²) in [5.74, 6) is 2.60. The van der Waals surface area contributed by atoms with Crippen molar-refractivity contribution in [3.63, 3.8) is 0 Å². The van der Waals surface area contributed by atoms with Crippen LogP contribution in [0.4, 0.5) is 13.2 Å². The highest BCUT2D eigenvalue weighted by Gasteiger charge is 2.59. The number of fused-ring (bicyclic) bond motifs is 4. The van der Waals surface area contributed by atoms with Gasteiger partial charge in [-0.2, -0.15) is 13.2 Å². The fraction of sp³-hybridized carbons (Fsp3) is 0.857. The highest BCUT2D eigenvalue weighted by atomic mass is 19.4. The van der Waals surface area contributed by atoms with Crippen LogP contribution >= 0.6 is 0 Å². The van der Waals surface area contributed by atoms with Crippen LogP contribution in [-0.4, -0.2) is 16.9 Å². The molecule has 0 aromatic heterocycles. The first-order chi connectivity index (χ1) is 14.8. The van der Waals surface area contributed by atoms with Crippen molar-refractivity contribution in [2.45, 2.75) is 117 Å². The molecule has 4 heteroatoms. The van der Waals surface area contributed by atoms with E-state index in [9.17, 15) is 18.3 Å². The van der Waals surface area contributed by atoms with Crippen LogP contribution in [-0.2, 0) is 0 Å². The highest BCUT2D eigenvalue weighted by molar-refractivity contribution is 5.40. The molecule has 2 fully saturated rings. The summed E-state index contributed by atoms with van der Waals surface area (Å²) in [6, 6.07) is 0. The van der Waals surface area contributed by atoms with Crippen molar-refractivity contribution >= 4 is 0 Å². The molecular weight excluding hydrogens is 409 g/mol. The summed E-state index contributed by atoms with van der Waals surface area (Å²) in [6.45, 7) is 11.7. The average molecular weight is 453 g/mol. The van der Waals surface area contributed by atoms with Gasteiger partial charge in [-0.1, -0.05) is 70.6 Å². The van der Waals surface area contributed by atoms with Crippen LogP contribution in [0.5, 0.6) is 0 Å². The molecule has 0 amide bonds. The first kappa shape index (κ1) is 24.4. The average Bonchev–Trinajstić information content (AvgIpc) is 3.04. The number of hydrogen-bond donors (Lipinski definition) is 1. The van der Waals surface area contributed by atoms with Crippen molar-refractivity contribution in [1.82, 2.24) is 0 Å². The SMILES string of the molecule is CC(C)CCC[C@@H](C)[C@H]1CCC2=C3CCC4=C[C@](O)(C(F)(F)F)CC[C@]4(C)[C@H]3CC[C@@]21C. The smallest absolute Gasteiger partial charge is 0.377 e. The lowest BCUT2D eigenvalue weighted by molar-refractivity contribution is -0.246. The topological polar surface area (TPSA) is 20.2 Å². The summed E-state index contributed by atoms with van der Waals surface area (Å²) in [7, 11) is 0. The van der Waals surface area contributed by atoms with Gasteiger partial charge in [0.15, 0.2) is 5.60 Å². The molecule has 182 valence electrons. The lowest BCUT2D eigenvalue weighted by atomic mass is 9.50. The molecule has 0 aromatic carbocycles. The monoisotopic (exact) mass is 452 g/mol. The zero-order chi connectivity index (χ0) is 23.5. The number of allylic oxidation sites excluding steroid dienone is 3. The van der Waals surface area contributed by atoms with E-state index in [1.54, 1.807) is 11.1 Å². The van der Waals surface area contributed by atoms with E-state index in [2.05, 4.69) is 34.6 Å². The molecule has 1 nitrogen and oxygen atoms in total. The van der Waals surface area contributed by atoms with Crippen molar-refractivity contribution < 1.29 is 18.3 Å². The first-order valence-corrected chi connectivity index (χ1v) is 13.1. The summed E-state index contributed by atoms with van der Waals surface area (Å²) in [6.07, 6.45) is 7.06. The van der Waals surface area contributed by atoms with Gasteiger partial charge in [-0.05, 0) is 91.9 Å². The quantitative estimate of drug-likeness (QED) is 0.415. The zero-order valence-electron chi connectivity index (χ0n) is 20.7. The van der Waals surface area contributed by atoms with Gasteiger partial charge in [-0.25, -0.2) is 0 Å². The van der Waals surface area contributed by atoms with Crippen LogP contribution < -0.4 is 0 Å². The van der Waals surface area contributed by atoms with Crippen LogP contribution in [0.15, 0.2) is 22.8 Å². The second kappa shape index (κ2) is 8.17. The molecule has 0 aliphatic heterocycles. The van der Waals surface area contributed by atoms with Crippen LogP contribution in [0.3, 0.4) is 0 Å². The Labute approximate surface area is 192 Å². The molecule has 0 heterocycles.